The summed E-state index contributed by atoms with van der Waals surface area (Å²) in [5, 5.41) is 0. The molecule has 13 heteroatoms. The molecule has 0 aliphatic carbocycles. The van der Waals surface area contributed by atoms with Crippen LogP contribution in [0.2, 0.25) is 0 Å². The van der Waals surface area contributed by atoms with Gasteiger partial charge in [-0.2, -0.15) is 0 Å². The number of aromatic nitrogens is 8. The molecule has 0 radical (unpaired) electrons. The third-order valence-corrected chi connectivity index (χ3v) is 16.8. The monoisotopic (exact) mass is 1400 g/mol. The van der Waals surface area contributed by atoms with Crippen molar-refractivity contribution in [3.05, 3.63) is 245 Å². The van der Waals surface area contributed by atoms with Gasteiger partial charge in [0.25, 0.3) is 0 Å². The van der Waals surface area contributed by atoms with Gasteiger partial charge in [0.2, 0.25) is 0 Å². The molecule has 0 amide bonds. The van der Waals surface area contributed by atoms with Crippen molar-refractivity contribution in [1.82, 2.24) is 19.9 Å². The zero-order chi connectivity index (χ0) is 55.2. The molecule has 10 nitrogen and oxygen atoms in total. The molecule has 0 saturated carbocycles. The minimum Gasteiger partial charge on any atom is -0.466 e. The molecule has 9 heterocycles. The molecular weight excluding hydrogens is 1340 g/mol. The van der Waals surface area contributed by atoms with Gasteiger partial charge in [0, 0.05) is 133 Å². The van der Waals surface area contributed by atoms with Crippen molar-refractivity contribution in [2.45, 2.75) is 52.4 Å². The number of nitrogens with zero attached hydrogens (tertiary/aromatic N) is 6. The predicted molar refractivity (Wildman–Crippen MR) is 347 cm³/mol. The number of benzene rings is 3. The molecule has 0 saturated heterocycles. The lowest BCUT2D eigenvalue weighted by Gasteiger charge is -2.07. The molecule has 398 valence electrons. The molecular formula is C68H57I3N8O2+4. The molecule has 0 atom stereocenters. The average molecular weight is 1400 g/mol. The maximum absolute atomic E-state index is 12.1. The van der Waals surface area contributed by atoms with Gasteiger partial charge in [-0.25, -0.2) is 28.2 Å². The molecule has 0 unspecified atom stereocenters. The largest absolute Gasteiger partial charge is 0.466 e. The number of rotatable bonds is 16. The number of hydrogen-bond donors (Lipinski definition) is 2. The van der Waals surface area contributed by atoms with Crippen molar-refractivity contribution in [2.24, 2.45) is 0 Å². The number of carbonyl (C=O) groups excluding carboxylic acids is 1. The molecule has 10 aromatic rings. The van der Waals surface area contributed by atoms with Crippen molar-refractivity contribution >= 4 is 120 Å². The second kappa shape index (κ2) is 24.7. The summed E-state index contributed by atoms with van der Waals surface area (Å²) in [4.78, 5) is 31.2. The molecule has 3 aromatic carbocycles. The van der Waals surface area contributed by atoms with E-state index in [4.69, 9.17) is 14.7 Å². The molecule has 2 aliphatic heterocycles. The van der Waals surface area contributed by atoms with Crippen LogP contribution in [-0.2, 0) is 35.7 Å². The van der Waals surface area contributed by atoms with Crippen molar-refractivity contribution in [2.75, 3.05) is 6.61 Å². The van der Waals surface area contributed by atoms with Crippen LogP contribution in [0.1, 0.15) is 65.7 Å². The minimum atomic E-state index is -0.145. The van der Waals surface area contributed by atoms with Crippen LogP contribution in [0.3, 0.4) is 0 Å². The van der Waals surface area contributed by atoms with Crippen molar-refractivity contribution in [3.63, 3.8) is 0 Å². The third-order valence-electron chi connectivity index (χ3n) is 14.7. The van der Waals surface area contributed by atoms with Gasteiger partial charge in [0.15, 0.2) is 69.2 Å². The van der Waals surface area contributed by atoms with Crippen LogP contribution in [0.15, 0.2) is 195 Å². The van der Waals surface area contributed by atoms with E-state index >= 15 is 0 Å². The Labute approximate surface area is 512 Å². The maximum atomic E-state index is 12.1. The summed E-state index contributed by atoms with van der Waals surface area (Å²) in [6.45, 7) is 5.30. The molecule has 2 N–H and O–H groups in total. The number of aromatic amines is 2. The van der Waals surface area contributed by atoms with Crippen LogP contribution in [0.25, 0.3) is 90.9 Å². The van der Waals surface area contributed by atoms with Gasteiger partial charge in [-0.15, -0.1) is 0 Å². The second-order valence-electron chi connectivity index (χ2n) is 20.2. The number of carbonyl (C=O) groups is 1. The lowest BCUT2D eigenvalue weighted by atomic mass is 10.0. The number of H-pyrrole nitrogens is 2. The molecule has 2 aliphatic rings. The molecule has 7 aromatic heterocycles. The van der Waals surface area contributed by atoms with Crippen molar-refractivity contribution in [3.8, 4) is 44.5 Å². The molecule has 8 bridgehead atoms. The standard InChI is InChI=1S/C68H56I3N8O2/c1-2-81-64(80)5-3-4-34-76-35-26-49(27-36-76)65-56-18-20-58(72-56)66(50-28-37-77(38-29-50)43-46-6-12-53(69)13-7-46)60-22-24-62(74-60)68(52-32-41-79(42-33-52)45-48-10-16-55(71)17-11-48)63-25-23-61(75-63)67(59-21-19-57(65)73-59)51-30-39-78(40-31-51)44-47-8-14-54(70)15-9-47/h6-33,35-42H,2-5,34,43-45H2,1H3,(H,72,73,74,75)/q+3/p+1. The smallest absolute Gasteiger partial charge is 0.305 e. The summed E-state index contributed by atoms with van der Waals surface area (Å²) >= 11 is 7.07. The van der Waals surface area contributed by atoms with E-state index in [-0.39, 0.29) is 5.97 Å². The first kappa shape index (κ1) is 54.1. The number of esters is 1. The SMILES string of the molecule is CCOC(=O)CCCC[n+]1ccc(-c2c3nc(c(-c4cc[n+](Cc5ccc(I)cc5)cc4)c4ccc([nH]4)c(-c4cc[n+](Cc5ccc(I)cc5)cc4)c4nc(c(-c5cc[n+](Cc6ccc(I)cc6)cc5)c5ccc2[nH]5)C=C4)C=C3)cc1. The predicted octanol–water partition coefficient (Wildman–Crippen LogP) is 14.2. The Hall–Kier alpha value is -7.48. The summed E-state index contributed by atoms with van der Waals surface area (Å²) in [6.07, 6.45) is 27.9. The normalized spacial score (nSPS) is 11.8. The van der Waals surface area contributed by atoms with E-state index in [9.17, 15) is 4.79 Å². The van der Waals surface area contributed by atoms with E-state index in [0.29, 0.717) is 13.0 Å². The number of pyridine rings is 4. The Bertz CT molecular complexity index is 4070. The summed E-state index contributed by atoms with van der Waals surface area (Å²) in [5.41, 5.74) is 18.9. The highest BCUT2D eigenvalue weighted by molar-refractivity contribution is 14.1. The number of halogens is 3. The lowest BCUT2D eigenvalue weighted by molar-refractivity contribution is -0.697. The zero-order valence-electron chi connectivity index (χ0n) is 44.6. The molecule has 0 spiro atoms. The first-order chi connectivity index (χ1) is 39.7. The fraction of sp³-hybridized carbons (Fsp3) is 0.132. The number of ether oxygens (including phenoxy) is 1. The minimum absolute atomic E-state index is 0.145. The highest BCUT2D eigenvalue weighted by Crippen LogP contribution is 2.38. The summed E-state index contributed by atoms with van der Waals surface area (Å²) in [5.74, 6) is -0.145. The molecule has 0 fully saturated rings. The Morgan fingerprint density at radius 3 is 1.00 bits per heavy atom. The Morgan fingerprint density at radius 2 is 0.704 bits per heavy atom. The number of hydrogen-bond acceptors (Lipinski definition) is 4. The van der Waals surface area contributed by atoms with E-state index in [2.05, 4.69) is 315 Å². The van der Waals surface area contributed by atoms with Gasteiger partial charge in [-0.05, 0) is 188 Å². The van der Waals surface area contributed by atoms with E-state index < -0.39 is 0 Å². The number of aryl methyl sites for hydroxylation is 1. The van der Waals surface area contributed by atoms with E-state index in [1.54, 1.807) is 0 Å². The van der Waals surface area contributed by atoms with Gasteiger partial charge in [-0.3, -0.25) is 4.79 Å². The van der Waals surface area contributed by atoms with Gasteiger partial charge < -0.3 is 14.7 Å². The first-order valence-electron chi connectivity index (χ1n) is 27.2. The van der Waals surface area contributed by atoms with Crippen LogP contribution in [-0.4, -0.2) is 32.5 Å². The summed E-state index contributed by atoms with van der Waals surface area (Å²) in [7, 11) is 0. The molecule has 81 heavy (non-hydrogen) atoms. The number of unbranched alkanes of at least 4 members (excludes halogenated alkanes) is 1. The fourth-order valence-electron chi connectivity index (χ4n) is 10.6. The lowest BCUT2D eigenvalue weighted by Crippen LogP contribution is -2.33. The van der Waals surface area contributed by atoms with Crippen LogP contribution >= 0.6 is 67.8 Å². The number of nitrogens with one attached hydrogen (secondary N) is 2. The Balaban J connectivity index is 1.05. The fourth-order valence-corrected chi connectivity index (χ4v) is 11.7. The van der Waals surface area contributed by atoms with Crippen LogP contribution < -0.4 is 18.3 Å². The highest BCUT2D eigenvalue weighted by atomic mass is 127. The topological polar surface area (TPSA) is 99.2 Å². The second-order valence-corrected chi connectivity index (χ2v) is 24.0. The van der Waals surface area contributed by atoms with Gasteiger partial charge in [-0.1, -0.05) is 36.4 Å². The quantitative estimate of drug-likeness (QED) is 0.0436. The van der Waals surface area contributed by atoms with E-state index in [0.717, 1.165) is 128 Å². The van der Waals surface area contributed by atoms with Gasteiger partial charge >= 0.3 is 5.97 Å². The highest BCUT2D eigenvalue weighted by Gasteiger charge is 2.21. The number of fused-ring (bicyclic) bond motifs is 8. The van der Waals surface area contributed by atoms with E-state index in [1.807, 2.05) is 6.92 Å². The average Bonchev–Trinajstić information content (AvgIpc) is 4.55. The van der Waals surface area contributed by atoms with Crippen LogP contribution in [0, 0.1) is 10.7 Å². The van der Waals surface area contributed by atoms with E-state index in [1.165, 1.54) is 27.4 Å². The first-order valence-corrected chi connectivity index (χ1v) is 30.4. The third kappa shape index (κ3) is 12.7. The molecule has 12 rings (SSSR count). The van der Waals surface area contributed by atoms with Gasteiger partial charge in [0.1, 0.15) is 6.54 Å². The summed E-state index contributed by atoms with van der Waals surface area (Å²) in [6, 6.07) is 52.3. The zero-order valence-corrected chi connectivity index (χ0v) is 51.0. The van der Waals surface area contributed by atoms with Gasteiger partial charge in [0.05, 0.1) is 29.4 Å². The van der Waals surface area contributed by atoms with Crippen molar-refractivity contribution < 1.29 is 27.8 Å². The Kier molecular flexibility index (Phi) is 16.5. The van der Waals surface area contributed by atoms with Crippen LogP contribution in [0.4, 0.5) is 0 Å². The Morgan fingerprint density at radius 1 is 0.407 bits per heavy atom. The summed E-state index contributed by atoms with van der Waals surface area (Å²) < 4.78 is 17.7. The van der Waals surface area contributed by atoms with Crippen molar-refractivity contribution in [1.29, 1.82) is 0 Å². The maximum Gasteiger partial charge on any atom is 0.305 e. The van der Waals surface area contributed by atoms with Crippen LogP contribution in [0.5, 0.6) is 0 Å².